The molecule has 1 aliphatic rings. The summed E-state index contributed by atoms with van der Waals surface area (Å²) in [4.78, 5) is 15.1. The number of carbonyl (C=O) groups is 1. The number of piperidine rings is 1. The molecule has 1 aromatic carbocycles. The molecule has 1 saturated heterocycles. The van der Waals surface area contributed by atoms with Gasteiger partial charge in [0.05, 0.1) is 25.2 Å². The molecule has 1 fully saturated rings. The fraction of sp³-hybridized carbons (Fsp3) is 0.667. The molecule has 0 saturated carbocycles. The van der Waals surface area contributed by atoms with E-state index in [1.807, 2.05) is 12.1 Å². The minimum Gasteiger partial charge on any atom is -0.383 e. The highest BCUT2D eigenvalue weighted by atomic mass is 35.5. The third kappa shape index (κ3) is 8.48. The second-order valence-corrected chi connectivity index (χ2v) is 12.7. The highest BCUT2D eigenvalue weighted by Gasteiger charge is 2.33. The third-order valence-electron chi connectivity index (χ3n) is 5.63. The number of nitrogens with zero attached hydrogens (tertiary/aromatic N) is 3. The Morgan fingerprint density at radius 3 is 2.27 bits per heavy atom. The molecule has 1 aliphatic heterocycles. The number of carbonyl (C=O) groups excluding carboxylic acids is 1. The van der Waals surface area contributed by atoms with Crippen LogP contribution >= 0.6 is 11.6 Å². The van der Waals surface area contributed by atoms with Crippen molar-refractivity contribution in [2.75, 3.05) is 51.9 Å². The van der Waals surface area contributed by atoms with Crippen LogP contribution in [0.4, 0.5) is 0 Å². The van der Waals surface area contributed by atoms with Crippen LogP contribution in [-0.4, -0.2) is 94.2 Å². The molecular weight excluding hydrogens is 490 g/mol. The summed E-state index contributed by atoms with van der Waals surface area (Å²) in [7, 11) is -5.43. The van der Waals surface area contributed by atoms with Gasteiger partial charge in [-0.2, -0.15) is 4.31 Å². The Bertz CT molecular complexity index is 978. The lowest BCUT2D eigenvalue weighted by Gasteiger charge is -2.38. The quantitative estimate of drug-likeness (QED) is 0.413. The Morgan fingerprint density at radius 2 is 1.76 bits per heavy atom. The van der Waals surface area contributed by atoms with Gasteiger partial charge in [-0.1, -0.05) is 30.7 Å². The average Bonchev–Trinajstić information content (AvgIpc) is 2.75. The molecule has 1 heterocycles. The van der Waals surface area contributed by atoms with Crippen molar-refractivity contribution in [3.05, 3.63) is 34.9 Å². The zero-order valence-electron chi connectivity index (χ0n) is 19.4. The lowest BCUT2D eigenvalue weighted by atomic mass is 10.0. The van der Waals surface area contributed by atoms with Crippen LogP contribution in [0.5, 0.6) is 0 Å². The van der Waals surface area contributed by atoms with E-state index in [1.165, 1.54) is 22.0 Å². The number of methoxy groups -OCH3 is 1. The van der Waals surface area contributed by atoms with E-state index in [2.05, 4.69) is 0 Å². The first-order chi connectivity index (χ1) is 15.5. The van der Waals surface area contributed by atoms with Crippen LogP contribution in [0.15, 0.2) is 24.3 Å². The third-order valence-corrected chi connectivity index (χ3v) is 9.21. The first kappa shape index (κ1) is 28.0. The van der Waals surface area contributed by atoms with Crippen molar-refractivity contribution in [3.8, 4) is 0 Å². The zero-order valence-corrected chi connectivity index (χ0v) is 21.8. The van der Waals surface area contributed by atoms with Crippen molar-refractivity contribution in [1.82, 2.24) is 13.5 Å². The molecule has 0 N–H and O–H groups in total. The van der Waals surface area contributed by atoms with Crippen LogP contribution in [0.2, 0.25) is 5.02 Å². The first-order valence-corrected chi connectivity index (χ1v) is 14.8. The van der Waals surface area contributed by atoms with Gasteiger partial charge >= 0.3 is 0 Å². The molecule has 0 aliphatic carbocycles. The van der Waals surface area contributed by atoms with Gasteiger partial charge in [0.2, 0.25) is 26.0 Å². The average molecular weight is 524 g/mol. The molecule has 0 bridgehead atoms. The second-order valence-electron chi connectivity index (χ2n) is 8.18. The fourth-order valence-electron chi connectivity index (χ4n) is 3.83. The molecule has 9 nitrogen and oxygen atoms in total. The van der Waals surface area contributed by atoms with E-state index in [4.69, 9.17) is 16.3 Å². The smallest absolute Gasteiger partial charge is 0.238 e. The first-order valence-electron chi connectivity index (χ1n) is 10.9. The van der Waals surface area contributed by atoms with Crippen LogP contribution in [0, 0.1) is 0 Å². The molecular formula is C21H34ClN3O6S2. The van der Waals surface area contributed by atoms with Crippen LogP contribution in [0.3, 0.4) is 0 Å². The minimum atomic E-state index is -3.61. The molecule has 0 radical (unpaired) electrons. The maximum atomic E-state index is 13.4. The summed E-state index contributed by atoms with van der Waals surface area (Å²) >= 11 is 5.99. The summed E-state index contributed by atoms with van der Waals surface area (Å²) in [5.41, 5.74) is 0.859. The molecule has 33 heavy (non-hydrogen) atoms. The molecule has 0 spiro atoms. The van der Waals surface area contributed by atoms with Gasteiger partial charge in [0, 0.05) is 44.4 Å². The Labute approximate surface area is 202 Å². The Morgan fingerprint density at radius 1 is 1.15 bits per heavy atom. The lowest BCUT2D eigenvalue weighted by molar-refractivity contribution is -0.135. The molecule has 1 amide bonds. The number of sulfonamides is 2. The van der Waals surface area contributed by atoms with Crippen molar-refractivity contribution in [1.29, 1.82) is 0 Å². The number of benzene rings is 1. The summed E-state index contributed by atoms with van der Waals surface area (Å²) in [6.07, 6.45) is 2.58. The van der Waals surface area contributed by atoms with Crippen molar-refractivity contribution < 1.29 is 26.4 Å². The van der Waals surface area contributed by atoms with Crippen molar-refractivity contribution in [2.24, 2.45) is 0 Å². The minimum absolute atomic E-state index is 0.0477. The number of halogens is 1. The number of hydrogen-bond acceptors (Lipinski definition) is 6. The standard InChI is InChI=1S/C21H34ClN3O6S2/c1-4-15-33(29,30)24(13-14-31-2)17-21(26)25(16-18-5-7-19(22)8-6-18)20-9-11-23(12-10-20)32(3,27)28/h5-8,20H,4,9-17H2,1-3H3. The highest BCUT2D eigenvalue weighted by molar-refractivity contribution is 7.89. The van der Waals surface area contributed by atoms with Gasteiger partial charge in [0.1, 0.15) is 0 Å². The fourth-order valence-corrected chi connectivity index (χ4v) is 6.27. The summed E-state index contributed by atoms with van der Waals surface area (Å²) in [5, 5.41) is 0.578. The molecule has 188 valence electrons. The molecule has 0 unspecified atom stereocenters. The molecule has 1 aromatic rings. The van der Waals surface area contributed by atoms with Crippen LogP contribution in [0.25, 0.3) is 0 Å². The number of rotatable bonds is 12. The van der Waals surface area contributed by atoms with E-state index >= 15 is 0 Å². The van der Waals surface area contributed by atoms with Crippen LogP contribution < -0.4 is 0 Å². The normalized spacial score (nSPS) is 16.3. The molecule has 2 rings (SSSR count). The SMILES string of the molecule is CCCS(=O)(=O)N(CCOC)CC(=O)N(Cc1ccc(Cl)cc1)C1CCN(S(C)(=O)=O)CC1. The van der Waals surface area contributed by atoms with Gasteiger partial charge < -0.3 is 9.64 Å². The maximum Gasteiger partial charge on any atom is 0.238 e. The van der Waals surface area contributed by atoms with Gasteiger partial charge in [0.15, 0.2) is 0 Å². The predicted octanol–water partition coefficient (Wildman–Crippen LogP) is 1.78. The molecule has 0 atom stereocenters. The van der Waals surface area contributed by atoms with E-state index in [9.17, 15) is 21.6 Å². The van der Waals surface area contributed by atoms with Gasteiger partial charge in [-0.25, -0.2) is 21.1 Å². The monoisotopic (exact) mass is 523 g/mol. The summed E-state index contributed by atoms with van der Waals surface area (Å²) in [6.45, 7) is 2.67. The highest BCUT2D eigenvalue weighted by Crippen LogP contribution is 2.22. The van der Waals surface area contributed by atoms with Crippen LogP contribution in [0.1, 0.15) is 31.7 Å². The van der Waals surface area contributed by atoms with E-state index in [1.54, 1.807) is 24.0 Å². The predicted molar refractivity (Wildman–Crippen MR) is 129 cm³/mol. The Kier molecular flexibility index (Phi) is 10.6. The Balaban J connectivity index is 2.25. The maximum absolute atomic E-state index is 13.4. The van der Waals surface area contributed by atoms with Gasteiger partial charge in [0.25, 0.3) is 0 Å². The van der Waals surface area contributed by atoms with Crippen molar-refractivity contribution >= 4 is 37.6 Å². The van der Waals surface area contributed by atoms with E-state index in [-0.39, 0.29) is 43.9 Å². The van der Waals surface area contributed by atoms with E-state index in [0.29, 0.717) is 37.4 Å². The van der Waals surface area contributed by atoms with Crippen LogP contribution in [-0.2, 0) is 36.1 Å². The van der Waals surface area contributed by atoms with Gasteiger partial charge in [-0.05, 0) is 37.0 Å². The molecule has 0 aromatic heterocycles. The number of ether oxygens (including phenoxy) is 1. The summed E-state index contributed by atoms with van der Waals surface area (Å²) in [6, 6.07) is 6.92. The van der Waals surface area contributed by atoms with Crippen molar-refractivity contribution in [3.63, 3.8) is 0 Å². The Hall–Kier alpha value is -1.24. The van der Waals surface area contributed by atoms with E-state index in [0.717, 1.165) is 5.56 Å². The van der Waals surface area contributed by atoms with Gasteiger partial charge in [-0.15, -0.1) is 0 Å². The molecule has 12 heteroatoms. The van der Waals surface area contributed by atoms with Crippen molar-refractivity contribution in [2.45, 2.75) is 38.8 Å². The van der Waals surface area contributed by atoms with Gasteiger partial charge in [-0.3, -0.25) is 4.79 Å². The zero-order chi connectivity index (χ0) is 24.6. The topological polar surface area (TPSA) is 104 Å². The number of hydrogen-bond donors (Lipinski definition) is 0. The van der Waals surface area contributed by atoms with E-state index < -0.39 is 20.0 Å². The summed E-state index contributed by atoms with van der Waals surface area (Å²) < 4.78 is 56.9. The lowest BCUT2D eigenvalue weighted by Crippen LogP contribution is -2.51. The largest absolute Gasteiger partial charge is 0.383 e. The second kappa shape index (κ2) is 12.5. The summed E-state index contributed by atoms with van der Waals surface area (Å²) in [5.74, 6) is -0.368. The number of amides is 1.